The minimum absolute atomic E-state index is 0.426. The van der Waals surface area contributed by atoms with Crippen molar-refractivity contribution < 1.29 is 14.6 Å². The van der Waals surface area contributed by atoms with Crippen LogP contribution in [0.4, 0.5) is 0 Å². The number of rotatable bonds is 4. The highest BCUT2D eigenvalue weighted by Gasteiger charge is 2.17. The molecule has 0 aliphatic heterocycles. The molecule has 18 heavy (non-hydrogen) atoms. The van der Waals surface area contributed by atoms with Crippen LogP contribution in [0.1, 0.15) is 12.5 Å². The van der Waals surface area contributed by atoms with Gasteiger partial charge in [-0.25, -0.2) is 0 Å². The Balaban J connectivity index is 2.54. The SMILES string of the molecule is COc1ccc2c(ccn2C)c1CC(C)C(=O)O. The molecule has 2 aromatic rings. The third-order valence-corrected chi connectivity index (χ3v) is 3.29. The van der Waals surface area contributed by atoms with Gasteiger partial charge in [0.25, 0.3) is 0 Å². The van der Waals surface area contributed by atoms with Gasteiger partial charge in [-0.3, -0.25) is 4.79 Å². The number of aromatic nitrogens is 1. The number of carboxylic acids is 1. The molecule has 1 aromatic heterocycles. The first-order valence-electron chi connectivity index (χ1n) is 5.88. The van der Waals surface area contributed by atoms with Crippen molar-refractivity contribution in [3.63, 3.8) is 0 Å². The number of aryl methyl sites for hydroxylation is 1. The largest absolute Gasteiger partial charge is 0.496 e. The highest BCUT2D eigenvalue weighted by atomic mass is 16.5. The smallest absolute Gasteiger partial charge is 0.306 e. The summed E-state index contributed by atoms with van der Waals surface area (Å²) in [6.07, 6.45) is 2.44. The van der Waals surface area contributed by atoms with E-state index in [0.29, 0.717) is 6.42 Å². The molecule has 1 unspecified atom stereocenters. The fraction of sp³-hybridized carbons (Fsp3) is 0.357. The maximum absolute atomic E-state index is 11.0. The molecule has 0 radical (unpaired) electrons. The lowest BCUT2D eigenvalue weighted by atomic mass is 9.97. The predicted octanol–water partition coefficient (Wildman–Crippen LogP) is 2.45. The van der Waals surface area contributed by atoms with Crippen LogP contribution in [0.25, 0.3) is 10.9 Å². The van der Waals surface area contributed by atoms with E-state index < -0.39 is 11.9 Å². The first-order valence-corrected chi connectivity index (χ1v) is 5.88. The van der Waals surface area contributed by atoms with E-state index in [0.717, 1.165) is 22.2 Å². The molecule has 4 heteroatoms. The van der Waals surface area contributed by atoms with Gasteiger partial charge in [0.2, 0.25) is 0 Å². The molecule has 0 fully saturated rings. The molecule has 0 aliphatic rings. The number of aliphatic carboxylic acids is 1. The standard InChI is InChI=1S/C14H17NO3/c1-9(14(16)17)8-11-10-6-7-15(2)12(10)4-5-13(11)18-3/h4-7,9H,8H2,1-3H3,(H,16,17). The number of carbonyl (C=O) groups is 1. The Bertz CT molecular complexity index is 586. The minimum Gasteiger partial charge on any atom is -0.496 e. The molecule has 0 bridgehead atoms. The van der Waals surface area contributed by atoms with Crippen LogP contribution in [0.2, 0.25) is 0 Å². The monoisotopic (exact) mass is 247 g/mol. The van der Waals surface area contributed by atoms with Crippen LogP contribution >= 0.6 is 0 Å². The number of ether oxygens (including phenoxy) is 1. The zero-order valence-corrected chi connectivity index (χ0v) is 10.8. The Morgan fingerprint density at radius 2 is 2.17 bits per heavy atom. The van der Waals surface area contributed by atoms with Crippen LogP contribution in [0.3, 0.4) is 0 Å². The van der Waals surface area contributed by atoms with Crippen molar-refractivity contribution in [3.8, 4) is 5.75 Å². The first-order chi connectivity index (χ1) is 8.54. The summed E-state index contributed by atoms with van der Waals surface area (Å²) in [7, 11) is 3.58. The lowest BCUT2D eigenvalue weighted by molar-refractivity contribution is -0.141. The summed E-state index contributed by atoms with van der Waals surface area (Å²) in [5.41, 5.74) is 2.05. The van der Waals surface area contributed by atoms with Gasteiger partial charge in [-0.15, -0.1) is 0 Å². The van der Waals surface area contributed by atoms with Gasteiger partial charge in [0.15, 0.2) is 0 Å². The fourth-order valence-electron chi connectivity index (χ4n) is 2.19. The molecule has 1 N–H and O–H groups in total. The number of methoxy groups -OCH3 is 1. The molecule has 0 spiro atoms. The van der Waals surface area contributed by atoms with E-state index in [1.54, 1.807) is 14.0 Å². The lowest BCUT2D eigenvalue weighted by Gasteiger charge is -2.13. The fourth-order valence-corrected chi connectivity index (χ4v) is 2.19. The van der Waals surface area contributed by atoms with Crippen LogP contribution in [0, 0.1) is 5.92 Å². The summed E-state index contributed by atoms with van der Waals surface area (Å²) in [6, 6.07) is 5.89. The van der Waals surface area contributed by atoms with E-state index in [4.69, 9.17) is 9.84 Å². The number of benzene rings is 1. The Morgan fingerprint density at radius 1 is 1.44 bits per heavy atom. The van der Waals surface area contributed by atoms with Gasteiger partial charge >= 0.3 is 5.97 Å². The lowest BCUT2D eigenvalue weighted by Crippen LogP contribution is -2.13. The average molecular weight is 247 g/mol. The number of fused-ring (bicyclic) bond motifs is 1. The van der Waals surface area contributed by atoms with Crippen molar-refractivity contribution in [1.82, 2.24) is 4.57 Å². The van der Waals surface area contributed by atoms with E-state index in [-0.39, 0.29) is 0 Å². The molecule has 2 rings (SSSR count). The molecule has 1 atom stereocenters. The van der Waals surface area contributed by atoms with Crippen LogP contribution < -0.4 is 4.74 Å². The van der Waals surface area contributed by atoms with E-state index >= 15 is 0 Å². The van der Waals surface area contributed by atoms with E-state index in [1.165, 1.54) is 0 Å². The van der Waals surface area contributed by atoms with Gasteiger partial charge in [-0.1, -0.05) is 6.92 Å². The van der Waals surface area contributed by atoms with Gasteiger partial charge in [-0.2, -0.15) is 0 Å². The summed E-state index contributed by atoms with van der Waals surface area (Å²) in [5, 5.41) is 10.1. The highest BCUT2D eigenvalue weighted by Crippen LogP contribution is 2.30. The quantitative estimate of drug-likeness (QED) is 0.902. The minimum atomic E-state index is -0.787. The second kappa shape index (κ2) is 4.72. The van der Waals surface area contributed by atoms with Crippen LogP contribution in [-0.4, -0.2) is 22.8 Å². The Labute approximate surface area is 106 Å². The number of hydrogen-bond acceptors (Lipinski definition) is 2. The first kappa shape index (κ1) is 12.5. The highest BCUT2D eigenvalue weighted by molar-refractivity contribution is 5.86. The summed E-state index contributed by atoms with van der Waals surface area (Å²) >= 11 is 0. The Morgan fingerprint density at radius 3 is 2.78 bits per heavy atom. The van der Waals surface area contributed by atoms with Gasteiger partial charge in [0.05, 0.1) is 13.0 Å². The van der Waals surface area contributed by atoms with Crippen molar-refractivity contribution in [3.05, 3.63) is 30.0 Å². The van der Waals surface area contributed by atoms with Crippen LogP contribution in [-0.2, 0) is 18.3 Å². The normalized spacial score (nSPS) is 12.6. The van der Waals surface area contributed by atoms with Gasteiger partial charge < -0.3 is 14.4 Å². The Kier molecular flexibility index (Phi) is 3.28. The molecule has 0 saturated heterocycles. The van der Waals surface area contributed by atoms with E-state index in [1.807, 2.05) is 36.0 Å². The number of nitrogens with zero attached hydrogens (tertiary/aromatic N) is 1. The van der Waals surface area contributed by atoms with Crippen molar-refractivity contribution in [2.45, 2.75) is 13.3 Å². The molecule has 1 aromatic carbocycles. The van der Waals surface area contributed by atoms with Crippen molar-refractivity contribution >= 4 is 16.9 Å². The summed E-state index contributed by atoms with van der Waals surface area (Å²) in [5.74, 6) is -0.462. The van der Waals surface area contributed by atoms with Crippen LogP contribution in [0.5, 0.6) is 5.75 Å². The number of carboxylic acid groups (broad SMARTS) is 1. The molecular formula is C14H17NO3. The number of hydrogen-bond donors (Lipinski definition) is 1. The van der Waals surface area contributed by atoms with Crippen LogP contribution in [0.15, 0.2) is 24.4 Å². The molecule has 4 nitrogen and oxygen atoms in total. The predicted molar refractivity (Wildman–Crippen MR) is 70.0 cm³/mol. The topological polar surface area (TPSA) is 51.5 Å². The maximum atomic E-state index is 11.0. The summed E-state index contributed by atoms with van der Waals surface area (Å²) in [6.45, 7) is 1.71. The zero-order valence-electron chi connectivity index (χ0n) is 10.8. The van der Waals surface area contributed by atoms with E-state index in [9.17, 15) is 4.79 Å². The molecule has 96 valence electrons. The van der Waals surface area contributed by atoms with E-state index in [2.05, 4.69) is 0 Å². The third kappa shape index (κ3) is 2.06. The maximum Gasteiger partial charge on any atom is 0.306 e. The molecular weight excluding hydrogens is 230 g/mol. The van der Waals surface area contributed by atoms with Crippen molar-refractivity contribution in [1.29, 1.82) is 0 Å². The molecule has 1 heterocycles. The second-order valence-electron chi connectivity index (χ2n) is 4.55. The Hall–Kier alpha value is -1.97. The van der Waals surface area contributed by atoms with Gasteiger partial charge in [0, 0.05) is 29.7 Å². The second-order valence-corrected chi connectivity index (χ2v) is 4.55. The molecule has 0 saturated carbocycles. The van der Waals surface area contributed by atoms with Crippen molar-refractivity contribution in [2.24, 2.45) is 13.0 Å². The third-order valence-electron chi connectivity index (χ3n) is 3.29. The summed E-state index contributed by atoms with van der Waals surface area (Å²) in [4.78, 5) is 11.0. The molecule has 0 amide bonds. The average Bonchev–Trinajstić information content (AvgIpc) is 2.72. The van der Waals surface area contributed by atoms with Crippen molar-refractivity contribution in [2.75, 3.05) is 7.11 Å². The molecule has 0 aliphatic carbocycles. The van der Waals surface area contributed by atoms with Gasteiger partial charge in [-0.05, 0) is 24.6 Å². The summed E-state index contributed by atoms with van der Waals surface area (Å²) < 4.78 is 7.36. The van der Waals surface area contributed by atoms with Gasteiger partial charge in [0.1, 0.15) is 5.75 Å². The zero-order chi connectivity index (χ0) is 13.3.